The molecule has 0 saturated carbocycles. The van der Waals surface area contributed by atoms with E-state index in [1.54, 1.807) is 0 Å². The van der Waals surface area contributed by atoms with E-state index in [0.717, 1.165) is 5.56 Å². The van der Waals surface area contributed by atoms with Crippen LogP contribution in [-0.4, -0.2) is 38.2 Å². The molecule has 0 aromatic heterocycles. The zero-order chi connectivity index (χ0) is 24.1. The summed E-state index contributed by atoms with van der Waals surface area (Å²) in [5.74, 6) is -2.06. The van der Waals surface area contributed by atoms with Crippen molar-refractivity contribution in [3.05, 3.63) is 95.8 Å². The minimum absolute atomic E-state index is 0.0854. The van der Waals surface area contributed by atoms with E-state index in [1.165, 1.54) is 65.2 Å². The first-order valence-electron chi connectivity index (χ1n) is 10.4. The van der Waals surface area contributed by atoms with Gasteiger partial charge in [-0.15, -0.1) is 0 Å². The third-order valence-corrected chi connectivity index (χ3v) is 6.22. The summed E-state index contributed by atoms with van der Waals surface area (Å²) in [6.45, 7) is 0.293. The number of carboxylic acids is 1. The van der Waals surface area contributed by atoms with Gasteiger partial charge in [0.25, 0.3) is 0 Å². The summed E-state index contributed by atoms with van der Waals surface area (Å²) in [4.78, 5) is 42.8. The molecule has 3 aromatic rings. The molecule has 2 N–H and O–H groups in total. The molecular weight excluding hydrogens is 457 g/mol. The summed E-state index contributed by atoms with van der Waals surface area (Å²) in [6, 6.07) is 20.8. The van der Waals surface area contributed by atoms with Crippen LogP contribution in [0.15, 0.2) is 83.9 Å². The fraction of sp³-hybridized carbons (Fsp3) is 0.120. The first kappa shape index (κ1) is 23.2. The van der Waals surface area contributed by atoms with Crippen molar-refractivity contribution in [2.24, 2.45) is 4.99 Å². The highest BCUT2D eigenvalue weighted by Gasteiger charge is 2.39. The third-order valence-electron chi connectivity index (χ3n) is 5.04. The number of benzene rings is 3. The Morgan fingerprint density at radius 2 is 1.68 bits per heavy atom. The highest BCUT2D eigenvalue weighted by atomic mass is 32.2. The molecule has 1 fully saturated rings. The van der Waals surface area contributed by atoms with Crippen molar-refractivity contribution < 1.29 is 23.9 Å². The van der Waals surface area contributed by atoms with Gasteiger partial charge in [-0.05, 0) is 54.1 Å². The van der Waals surface area contributed by atoms with Crippen molar-refractivity contribution >= 4 is 46.1 Å². The predicted octanol–water partition coefficient (Wildman–Crippen LogP) is 4.68. The number of amidine groups is 1. The van der Waals surface area contributed by atoms with Crippen molar-refractivity contribution in [1.82, 2.24) is 4.90 Å². The summed E-state index contributed by atoms with van der Waals surface area (Å²) in [5, 5.41) is 11.4. The zero-order valence-electron chi connectivity index (χ0n) is 17.8. The second-order valence-corrected chi connectivity index (χ2v) is 8.69. The Labute approximate surface area is 199 Å². The van der Waals surface area contributed by atoms with Gasteiger partial charge in [-0.3, -0.25) is 14.5 Å². The number of hydrogen-bond donors (Lipinski definition) is 2. The standard InChI is InChI=1S/C25H20FN3O4S/c26-18-8-12-20(13-9-18)28-25-29(15-16-4-2-1-3-5-16)23(31)21(34-25)14-22(30)27-19-10-6-17(7-11-19)24(32)33/h1-13,21H,14-15H2,(H,27,30)(H,32,33). The predicted molar refractivity (Wildman–Crippen MR) is 129 cm³/mol. The van der Waals surface area contributed by atoms with Crippen LogP contribution in [0.2, 0.25) is 0 Å². The van der Waals surface area contributed by atoms with Crippen LogP contribution < -0.4 is 5.32 Å². The molecule has 0 spiro atoms. The average Bonchev–Trinajstić information content (AvgIpc) is 3.10. The van der Waals surface area contributed by atoms with E-state index in [9.17, 15) is 18.8 Å². The van der Waals surface area contributed by atoms with Gasteiger partial charge in [-0.1, -0.05) is 42.1 Å². The minimum atomic E-state index is -1.06. The molecule has 0 bridgehead atoms. The molecule has 0 aliphatic carbocycles. The smallest absolute Gasteiger partial charge is 0.335 e. The fourth-order valence-corrected chi connectivity index (χ4v) is 4.50. The summed E-state index contributed by atoms with van der Waals surface area (Å²) < 4.78 is 13.3. The van der Waals surface area contributed by atoms with Crippen molar-refractivity contribution in [2.45, 2.75) is 18.2 Å². The Morgan fingerprint density at radius 3 is 2.32 bits per heavy atom. The van der Waals surface area contributed by atoms with Crippen LogP contribution in [0.4, 0.5) is 15.8 Å². The lowest BCUT2D eigenvalue weighted by Gasteiger charge is -2.16. The van der Waals surface area contributed by atoms with Crippen molar-refractivity contribution in [1.29, 1.82) is 0 Å². The molecule has 0 radical (unpaired) electrons. The van der Waals surface area contributed by atoms with Gasteiger partial charge in [0.15, 0.2) is 5.17 Å². The maximum Gasteiger partial charge on any atom is 0.335 e. The SMILES string of the molecule is O=C(CC1SC(=Nc2ccc(F)cc2)N(Cc2ccccc2)C1=O)Nc1ccc(C(=O)O)cc1. The highest BCUT2D eigenvalue weighted by Crippen LogP contribution is 2.33. The molecule has 34 heavy (non-hydrogen) atoms. The Hall–Kier alpha value is -3.98. The number of carbonyl (C=O) groups excluding carboxylic acids is 2. The zero-order valence-corrected chi connectivity index (χ0v) is 18.7. The number of carboxylic acid groups (broad SMARTS) is 1. The average molecular weight is 478 g/mol. The monoisotopic (exact) mass is 477 g/mol. The molecule has 1 saturated heterocycles. The second-order valence-electron chi connectivity index (χ2n) is 7.52. The molecule has 1 aliphatic heterocycles. The van der Waals surface area contributed by atoms with Crippen LogP contribution in [0.5, 0.6) is 0 Å². The van der Waals surface area contributed by atoms with Crippen LogP contribution in [-0.2, 0) is 16.1 Å². The number of anilines is 1. The number of thioether (sulfide) groups is 1. The van der Waals surface area contributed by atoms with Gasteiger partial charge in [0.2, 0.25) is 11.8 Å². The third kappa shape index (κ3) is 5.68. The maximum atomic E-state index is 13.3. The molecule has 7 nitrogen and oxygen atoms in total. The molecule has 9 heteroatoms. The highest BCUT2D eigenvalue weighted by molar-refractivity contribution is 8.15. The molecule has 4 rings (SSSR count). The summed E-state index contributed by atoms with van der Waals surface area (Å²) in [5.41, 5.74) is 1.95. The number of nitrogens with one attached hydrogen (secondary N) is 1. The Kier molecular flexibility index (Phi) is 7.03. The number of rotatable bonds is 7. The summed E-state index contributed by atoms with van der Waals surface area (Å²) >= 11 is 1.18. The normalized spacial score (nSPS) is 16.6. The van der Waals surface area contributed by atoms with Gasteiger partial charge in [0, 0.05) is 12.1 Å². The van der Waals surface area contributed by atoms with Crippen LogP contribution in [0.1, 0.15) is 22.3 Å². The first-order chi connectivity index (χ1) is 16.4. The van der Waals surface area contributed by atoms with Crippen molar-refractivity contribution in [3.8, 4) is 0 Å². The largest absolute Gasteiger partial charge is 0.478 e. The van der Waals surface area contributed by atoms with E-state index < -0.39 is 11.2 Å². The van der Waals surface area contributed by atoms with Crippen molar-refractivity contribution in [3.63, 3.8) is 0 Å². The molecule has 1 heterocycles. The van der Waals surface area contributed by atoms with E-state index in [-0.39, 0.29) is 29.6 Å². The summed E-state index contributed by atoms with van der Waals surface area (Å²) in [7, 11) is 0. The van der Waals surface area contributed by atoms with E-state index in [4.69, 9.17) is 5.11 Å². The number of carbonyl (C=O) groups is 3. The number of aliphatic imine (C=N–C) groups is 1. The lowest BCUT2D eigenvalue weighted by atomic mass is 10.2. The topological polar surface area (TPSA) is 99.1 Å². The van der Waals surface area contributed by atoms with Gasteiger partial charge in [-0.2, -0.15) is 0 Å². The van der Waals surface area contributed by atoms with Gasteiger partial charge in [0.05, 0.1) is 17.8 Å². The lowest BCUT2D eigenvalue weighted by Crippen LogP contribution is -2.33. The van der Waals surface area contributed by atoms with Gasteiger partial charge in [0.1, 0.15) is 11.1 Å². The Balaban J connectivity index is 1.50. The van der Waals surface area contributed by atoms with Crippen molar-refractivity contribution in [2.75, 3.05) is 5.32 Å². The molecular formula is C25H20FN3O4S. The number of amides is 2. The molecule has 2 amide bonds. The fourth-order valence-electron chi connectivity index (χ4n) is 3.34. The van der Waals surface area contributed by atoms with Gasteiger partial charge < -0.3 is 10.4 Å². The first-order valence-corrected chi connectivity index (χ1v) is 11.3. The Bertz CT molecular complexity index is 1230. The van der Waals surface area contributed by atoms with E-state index >= 15 is 0 Å². The molecule has 1 aliphatic rings. The molecule has 1 atom stereocenters. The van der Waals surface area contributed by atoms with E-state index in [0.29, 0.717) is 23.1 Å². The van der Waals surface area contributed by atoms with E-state index in [1.807, 2.05) is 30.3 Å². The molecule has 3 aromatic carbocycles. The van der Waals surface area contributed by atoms with Gasteiger partial charge >= 0.3 is 5.97 Å². The number of aromatic carboxylic acids is 1. The number of nitrogens with zero attached hydrogens (tertiary/aromatic N) is 2. The van der Waals surface area contributed by atoms with Crippen LogP contribution in [0.25, 0.3) is 0 Å². The van der Waals surface area contributed by atoms with E-state index in [2.05, 4.69) is 10.3 Å². The number of halogens is 1. The second kappa shape index (κ2) is 10.3. The molecule has 172 valence electrons. The minimum Gasteiger partial charge on any atom is -0.478 e. The summed E-state index contributed by atoms with van der Waals surface area (Å²) in [6.07, 6.45) is -0.0854. The van der Waals surface area contributed by atoms with Crippen LogP contribution >= 0.6 is 11.8 Å². The van der Waals surface area contributed by atoms with Crippen LogP contribution in [0.3, 0.4) is 0 Å². The Morgan fingerprint density at radius 1 is 1.00 bits per heavy atom. The number of hydrogen-bond acceptors (Lipinski definition) is 5. The van der Waals surface area contributed by atoms with Crippen LogP contribution in [0, 0.1) is 5.82 Å². The lowest BCUT2D eigenvalue weighted by molar-refractivity contribution is -0.128. The van der Waals surface area contributed by atoms with Gasteiger partial charge in [-0.25, -0.2) is 14.2 Å². The molecule has 1 unspecified atom stereocenters. The maximum absolute atomic E-state index is 13.3. The quantitative estimate of drug-likeness (QED) is 0.515.